The fourth-order valence-electron chi connectivity index (χ4n) is 2.22. The molecule has 0 atom stereocenters. The van der Waals surface area contributed by atoms with Crippen LogP contribution in [-0.2, 0) is 11.2 Å². The number of ether oxygens (including phenoxy) is 1. The van der Waals surface area contributed by atoms with Gasteiger partial charge in [-0.3, -0.25) is 0 Å². The van der Waals surface area contributed by atoms with Crippen molar-refractivity contribution in [3.05, 3.63) is 29.3 Å². The Bertz CT molecular complexity index is 477. The topological polar surface area (TPSA) is 53.3 Å². The first-order valence-corrected chi connectivity index (χ1v) is 5.60. The number of benzene rings is 1. The van der Waals surface area contributed by atoms with Crippen LogP contribution in [0.4, 0.5) is 5.69 Å². The van der Waals surface area contributed by atoms with E-state index in [-0.39, 0.29) is 5.97 Å². The molecule has 2 rings (SSSR count). The summed E-state index contributed by atoms with van der Waals surface area (Å²) in [5.74, 6) is -0.288. The van der Waals surface area contributed by atoms with Crippen LogP contribution in [0.5, 0.6) is 0 Å². The molecule has 88 valence electrons. The van der Waals surface area contributed by atoms with Gasteiger partial charge in [-0.05, 0) is 24.1 Å². The summed E-state index contributed by atoms with van der Waals surface area (Å²) < 4.78 is 4.77. The molecule has 0 unspecified atom stereocenters. The molecule has 17 heavy (non-hydrogen) atoms. The lowest BCUT2D eigenvalue weighted by molar-refractivity contribution is 0.0600. The number of carbonyl (C=O) groups excluding carboxylic acids is 1. The number of anilines is 1. The normalized spacial score (nSPS) is 13.1. The largest absolute Gasteiger partial charge is 0.465 e. The van der Waals surface area contributed by atoms with Gasteiger partial charge < -0.3 is 9.64 Å². The summed E-state index contributed by atoms with van der Waals surface area (Å²) in [6.45, 7) is 1.58. The highest BCUT2D eigenvalue weighted by Crippen LogP contribution is 2.30. The molecule has 0 bridgehead atoms. The second-order valence-corrected chi connectivity index (χ2v) is 3.94. The van der Waals surface area contributed by atoms with Crippen molar-refractivity contribution in [3.8, 4) is 6.07 Å². The van der Waals surface area contributed by atoms with Crippen LogP contribution in [-0.4, -0.2) is 26.2 Å². The molecule has 4 nitrogen and oxygen atoms in total. The lowest BCUT2D eigenvalue weighted by Crippen LogP contribution is -2.21. The number of hydrogen-bond donors (Lipinski definition) is 0. The Labute approximate surface area is 100 Å². The highest BCUT2D eigenvalue weighted by molar-refractivity contribution is 5.93. The quantitative estimate of drug-likeness (QED) is 0.742. The molecule has 0 saturated heterocycles. The summed E-state index contributed by atoms with van der Waals surface area (Å²) in [6.07, 6.45) is 1.34. The predicted octanol–water partition coefficient (Wildman–Crippen LogP) is 1.75. The van der Waals surface area contributed by atoms with Gasteiger partial charge in [-0.25, -0.2) is 4.79 Å². The van der Waals surface area contributed by atoms with E-state index in [4.69, 9.17) is 10.00 Å². The third-order valence-corrected chi connectivity index (χ3v) is 3.02. The van der Waals surface area contributed by atoms with E-state index in [9.17, 15) is 4.79 Å². The molecule has 1 aromatic carbocycles. The molecule has 0 fully saturated rings. The highest BCUT2D eigenvalue weighted by atomic mass is 16.5. The van der Waals surface area contributed by atoms with E-state index in [2.05, 4.69) is 11.0 Å². The second kappa shape index (κ2) is 4.88. The number of rotatable bonds is 3. The van der Waals surface area contributed by atoms with Crippen molar-refractivity contribution in [2.45, 2.75) is 12.8 Å². The number of esters is 1. The molecule has 0 aliphatic carbocycles. The maximum atomic E-state index is 11.6. The fourth-order valence-corrected chi connectivity index (χ4v) is 2.22. The van der Waals surface area contributed by atoms with Crippen LogP contribution in [0.25, 0.3) is 0 Å². The summed E-state index contributed by atoms with van der Waals surface area (Å²) in [6, 6.07) is 7.78. The molecule has 0 saturated carbocycles. The minimum atomic E-state index is -0.288. The van der Waals surface area contributed by atoms with Crippen molar-refractivity contribution >= 4 is 11.7 Å². The zero-order valence-corrected chi connectivity index (χ0v) is 9.77. The van der Waals surface area contributed by atoms with Crippen LogP contribution >= 0.6 is 0 Å². The summed E-state index contributed by atoms with van der Waals surface area (Å²) in [7, 11) is 1.39. The molecule has 1 aliphatic rings. The predicted molar refractivity (Wildman–Crippen MR) is 63.9 cm³/mol. The average molecular weight is 230 g/mol. The van der Waals surface area contributed by atoms with Crippen molar-refractivity contribution in [1.29, 1.82) is 5.26 Å². The lowest BCUT2D eigenvalue weighted by Gasteiger charge is -2.17. The lowest BCUT2D eigenvalue weighted by atomic mass is 10.1. The Morgan fingerprint density at radius 1 is 1.59 bits per heavy atom. The Hall–Kier alpha value is -2.02. The van der Waals surface area contributed by atoms with Gasteiger partial charge in [-0.2, -0.15) is 5.26 Å². The van der Waals surface area contributed by atoms with E-state index in [1.54, 1.807) is 6.07 Å². The van der Waals surface area contributed by atoms with E-state index in [0.717, 1.165) is 24.2 Å². The summed E-state index contributed by atoms with van der Waals surface area (Å²) in [5.41, 5.74) is 2.74. The average Bonchev–Trinajstić information content (AvgIpc) is 2.78. The first kappa shape index (κ1) is 11.5. The Morgan fingerprint density at radius 3 is 3.12 bits per heavy atom. The zero-order valence-electron chi connectivity index (χ0n) is 9.77. The van der Waals surface area contributed by atoms with E-state index in [1.807, 2.05) is 12.1 Å². The van der Waals surface area contributed by atoms with Gasteiger partial charge in [0.05, 0.1) is 25.2 Å². The zero-order chi connectivity index (χ0) is 12.3. The van der Waals surface area contributed by atoms with Gasteiger partial charge >= 0.3 is 5.97 Å². The minimum absolute atomic E-state index is 0.288. The number of nitrogens with zero attached hydrogens (tertiary/aromatic N) is 2. The molecular weight excluding hydrogens is 216 g/mol. The van der Waals surface area contributed by atoms with Crippen molar-refractivity contribution in [3.63, 3.8) is 0 Å². The maximum absolute atomic E-state index is 11.6. The molecular formula is C13H14N2O2. The Morgan fingerprint density at radius 2 is 2.41 bits per heavy atom. The van der Waals surface area contributed by atoms with Gasteiger partial charge in [0, 0.05) is 18.8 Å². The van der Waals surface area contributed by atoms with E-state index in [0.29, 0.717) is 18.5 Å². The number of carbonyl (C=O) groups is 1. The van der Waals surface area contributed by atoms with Crippen LogP contribution in [0, 0.1) is 11.3 Å². The number of nitriles is 1. The van der Waals surface area contributed by atoms with E-state index in [1.165, 1.54) is 7.11 Å². The van der Waals surface area contributed by atoms with Gasteiger partial charge in [0.15, 0.2) is 0 Å². The number of methoxy groups -OCH3 is 1. The summed E-state index contributed by atoms with van der Waals surface area (Å²) >= 11 is 0. The van der Waals surface area contributed by atoms with Gasteiger partial charge in [0.1, 0.15) is 0 Å². The first-order chi connectivity index (χ1) is 8.27. The molecule has 1 heterocycles. The summed E-state index contributed by atoms with van der Waals surface area (Å²) in [5, 5.41) is 8.60. The maximum Gasteiger partial charge on any atom is 0.338 e. The summed E-state index contributed by atoms with van der Waals surface area (Å²) in [4.78, 5) is 13.7. The fraction of sp³-hybridized carbons (Fsp3) is 0.385. The van der Waals surface area contributed by atoms with Gasteiger partial charge in [0.2, 0.25) is 0 Å². The molecule has 0 radical (unpaired) electrons. The molecule has 0 N–H and O–H groups in total. The molecule has 1 aromatic rings. The van der Waals surface area contributed by atoms with Gasteiger partial charge in [0.25, 0.3) is 0 Å². The first-order valence-electron chi connectivity index (χ1n) is 5.60. The van der Waals surface area contributed by atoms with Gasteiger partial charge in [-0.15, -0.1) is 0 Å². The molecule has 0 amide bonds. The standard InChI is InChI=1S/C13H14N2O2/c1-17-13(16)11-4-2-5-12-10(11)6-9-15(12)8-3-7-14/h2,4-5H,3,6,8-9H2,1H3. The van der Waals surface area contributed by atoms with E-state index < -0.39 is 0 Å². The third kappa shape index (κ3) is 2.09. The van der Waals surface area contributed by atoms with Crippen molar-refractivity contribution < 1.29 is 9.53 Å². The van der Waals surface area contributed by atoms with Crippen LogP contribution in [0.3, 0.4) is 0 Å². The smallest absolute Gasteiger partial charge is 0.338 e. The Kier molecular flexibility index (Phi) is 3.29. The second-order valence-electron chi connectivity index (χ2n) is 3.94. The van der Waals surface area contributed by atoms with Crippen molar-refractivity contribution in [2.24, 2.45) is 0 Å². The van der Waals surface area contributed by atoms with Crippen LogP contribution < -0.4 is 4.90 Å². The minimum Gasteiger partial charge on any atom is -0.465 e. The SMILES string of the molecule is COC(=O)c1cccc2c1CCN2CCC#N. The Balaban J connectivity index is 2.30. The van der Waals surface area contributed by atoms with Crippen LogP contribution in [0.15, 0.2) is 18.2 Å². The molecule has 0 spiro atoms. The third-order valence-electron chi connectivity index (χ3n) is 3.02. The van der Waals surface area contributed by atoms with Crippen LogP contribution in [0.2, 0.25) is 0 Å². The molecule has 1 aliphatic heterocycles. The molecule has 0 aromatic heterocycles. The van der Waals surface area contributed by atoms with Crippen LogP contribution in [0.1, 0.15) is 22.3 Å². The van der Waals surface area contributed by atoms with Crippen molar-refractivity contribution in [2.75, 3.05) is 25.1 Å². The number of fused-ring (bicyclic) bond motifs is 1. The monoisotopic (exact) mass is 230 g/mol. The highest BCUT2D eigenvalue weighted by Gasteiger charge is 2.23. The van der Waals surface area contributed by atoms with Gasteiger partial charge in [-0.1, -0.05) is 6.07 Å². The van der Waals surface area contributed by atoms with Crippen molar-refractivity contribution in [1.82, 2.24) is 0 Å². The number of hydrogen-bond acceptors (Lipinski definition) is 4. The molecule has 4 heteroatoms. The van der Waals surface area contributed by atoms with E-state index >= 15 is 0 Å².